The van der Waals surface area contributed by atoms with Gasteiger partial charge in [-0.1, -0.05) is 60.7 Å². The Bertz CT molecular complexity index is 1250. The maximum absolute atomic E-state index is 13.2. The zero-order chi connectivity index (χ0) is 21.2. The molecule has 0 aliphatic carbocycles. The lowest BCUT2D eigenvalue weighted by Gasteiger charge is -2.26. The summed E-state index contributed by atoms with van der Waals surface area (Å²) in [7, 11) is 0. The molecule has 1 aliphatic rings. The number of ether oxygens (including phenoxy) is 3. The molecule has 0 fully saturated rings. The molecule has 1 aromatic heterocycles. The van der Waals surface area contributed by atoms with Gasteiger partial charge in [-0.15, -0.1) is 0 Å². The second kappa shape index (κ2) is 8.11. The summed E-state index contributed by atoms with van der Waals surface area (Å²) in [6.45, 7) is 2.34. The van der Waals surface area contributed by atoms with Gasteiger partial charge >= 0.3 is 5.97 Å². The molecule has 4 aromatic rings. The van der Waals surface area contributed by atoms with Crippen molar-refractivity contribution in [3.8, 4) is 22.8 Å². The first-order valence-electron chi connectivity index (χ1n) is 10.2. The van der Waals surface area contributed by atoms with Crippen LogP contribution in [0.25, 0.3) is 22.2 Å². The molecule has 3 aromatic carbocycles. The van der Waals surface area contributed by atoms with E-state index in [2.05, 4.69) is 0 Å². The SMILES string of the molecule is Cc1c(-c2ccccc2)nc2ccccc2c1C(=O)OC[C@H]1COc2ccccc2O1. The van der Waals surface area contributed by atoms with Crippen LogP contribution in [0.15, 0.2) is 78.9 Å². The van der Waals surface area contributed by atoms with Crippen LogP contribution < -0.4 is 9.47 Å². The summed E-state index contributed by atoms with van der Waals surface area (Å²) in [5, 5.41) is 0.774. The average molecular weight is 411 g/mol. The predicted octanol–water partition coefficient (Wildman–Crippen LogP) is 5.21. The van der Waals surface area contributed by atoms with Crippen LogP contribution in [0.4, 0.5) is 0 Å². The third-order valence-electron chi connectivity index (χ3n) is 5.36. The van der Waals surface area contributed by atoms with Crippen LogP contribution in [0.2, 0.25) is 0 Å². The van der Waals surface area contributed by atoms with Gasteiger partial charge in [0, 0.05) is 10.9 Å². The van der Waals surface area contributed by atoms with Crippen LogP contribution in [0.1, 0.15) is 15.9 Å². The van der Waals surface area contributed by atoms with Crippen molar-refractivity contribution in [2.24, 2.45) is 0 Å². The van der Waals surface area contributed by atoms with E-state index in [4.69, 9.17) is 19.2 Å². The molecular weight excluding hydrogens is 390 g/mol. The summed E-state index contributed by atoms with van der Waals surface area (Å²) in [5.41, 5.74) is 3.81. The number of carbonyl (C=O) groups excluding carboxylic acids is 1. The zero-order valence-electron chi connectivity index (χ0n) is 17.1. The molecule has 154 valence electrons. The second-order valence-electron chi connectivity index (χ2n) is 7.44. The topological polar surface area (TPSA) is 57.7 Å². The van der Waals surface area contributed by atoms with E-state index in [1.54, 1.807) is 0 Å². The maximum Gasteiger partial charge on any atom is 0.339 e. The van der Waals surface area contributed by atoms with Crippen molar-refractivity contribution in [3.05, 3.63) is 90.0 Å². The summed E-state index contributed by atoms with van der Waals surface area (Å²) in [5.74, 6) is 0.969. The van der Waals surface area contributed by atoms with E-state index in [0.717, 1.165) is 27.7 Å². The largest absolute Gasteiger partial charge is 0.486 e. The summed E-state index contributed by atoms with van der Waals surface area (Å²) < 4.78 is 17.3. The molecule has 0 saturated heterocycles. The van der Waals surface area contributed by atoms with Crippen LogP contribution in [0.3, 0.4) is 0 Å². The Morgan fingerprint density at radius 1 is 0.968 bits per heavy atom. The van der Waals surface area contributed by atoms with Crippen molar-refractivity contribution in [1.82, 2.24) is 4.98 Å². The number of hydrogen-bond donors (Lipinski definition) is 0. The normalized spacial score (nSPS) is 14.9. The fourth-order valence-corrected chi connectivity index (χ4v) is 3.83. The monoisotopic (exact) mass is 411 g/mol. The highest BCUT2D eigenvalue weighted by molar-refractivity contribution is 6.06. The van der Waals surface area contributed by atoms with E-state index in [-0.39, 0.29) is 12.7 Å². The standard InChI is InChI=1S/C26H21NO4/c1-17-24(26(28)30-16-19-15-29-22-13-7-8-14-23(22)31-19)20-11-5-6-12-21(20)27-25(17)18-9-3-2-4-10-18/h2-14,19H,15-16H2,1H3/t19-/m1/s1. The Hall–Kier alpha value is -3.86. The number of rotatable bonds is 4. The van der Waals surface area contributed by atoms with Gasteiger partial charge in [0.15, 0.2) is 17.6 Å². The van der Waals surface area contributed by atoms with Crippen LogP contribution in [-0.2, 0) is 4.74 Å². The summed E-state index contributed by atoms with van der Waals surface area (Å²) in [4.78, 5) is 18.0. The third kappa shape index (κ3) is 3.70. The van der Waals surface area contributed by atoms with Crippen LogP contribution in [-0.4, -0.2) is 30.3 Å². The molecule has 0 spiro atoms. The highest BCUT2D eigenvalue weighted by atomic mass is 16.6. The number of para-hydroxylation sites is 3. The number of fused-ring (bicyclic) bond motifs is 2. The fourth-order valence-electron chi connectivity index (χ4n) is 3.83. The van der Waals surface area contributed by atoms with Crippen LogP contribution in [0.5, 0.6) is 11.5 Å². The zero-order valence-corrected chi connectivity index (χ0v) is 17.1. The second-order valence-corrected chi connectivity index (χ2v) is 7.44. The lowest BCUT2D eigenvalue weighted by atomic mass is 9.98. The molecule has 0 N–H and O–H groups in total. The third-order valence-corrected chi connectivity index (χ3v) is 5.36. The van der Waals surface area contributed by atoms with Gasteiger partial charge < -0.3 is 14.2 Å². The predicted molar refractivity (Wildman–Crippen MR) is 119 cm³/mol. The molecule has 0 amide bonds. The smallest absolute Gasteiger partial charge is 0.339 e. The van der Waals surface area contributed by atoms with Crippen molar-refractivity contribution in [3.63, 3.8) is 0 Å². The van der Waals surface area contributed by atoms with Gasteiger partial charge in [0.05, 0.1) is 16.8 Å². The number of carbonyl (C=O) groups is 1. The molecular formula is C26H21NO4. The molecule has 0 bridgehead atoms. The number of nitrogens with zero attached hydrogens (tertiary/aromatic N) is 1. The van der Waals surface area contributed by atoms with Crippen molar-refractivity contribution in [2.75, 3.05) is 13.2 Å². The van der Waals surface area contributed by atoms with Gasteiger partial charge in [-0.05, 0) is 30.7 Å². The fraction of sp³-hybridized carbons (Fsp3) is 0.154. The van der Waals surface area contributed by atoms with Gasteiger partial charge in [-0.3, -0.25) is 0 Å². The molecule has 5 nitrogen and oxygen atoms in total. The first-order chi connectivity index (χ1) is 15.2. The number of benzene rings is 3. The van der Waals surface area contributed by atoms with Crippen molar-refractivity contribution in [2.45, 2.75) is 13.0 Å². The minimum Gasteiger partial charge on any atom is -0.486 e. The Morgan fingerprint density at radius 3 is 2.52 bits per heavy atom. The number of hydrogen-bond acceptors (Lipinski definition) is 5. The molecule has 0 saturated carbocycles. The minimum absolute atomic E-state index is 0.101. The van der Waals surface area contributed by atoms with Crippen LogP contribution >= 0.6 is 0 Å². The molecule has 1 atom stereocenters. The number of pyridine rings is 1. The first kappa shape index (κ1) is 19.1. The van der Waals surface area contributed by atoms with Crippen molar-refractivity contribution >= 4 is 16.9 Å². The van der Waals surface area contributed by atoms with Gasteiger partial charge in [-0.25, -0.2) is 9.78 Å². The molecule has 5 rings (SSSR count). The van der Waals surface area contributed by atoms with Crippen LogP contribution in [0, 0.1) is 6.92 Å². The van der Waals surface area contributed by atoms with E-state index in [9.17, 15) is 4.79 Å². The molecule has 0 radical (unpaired) electrons. The molecule has 2 heterocycles. The maximum atomic E-state index is 13.2. The van der Waals surface area contributed by atoms with E-state index < -0.39 is 5.97 Å². The lowest BCUT2D eigenvalue weighted by molar-refractivity contribution is 0.0111. The van der Waals surface area contributed by atoms with E-state index >= 15 is 0 Å². The van der Waals surface area contributed by atoms with E-state index in [1.165, 1.54) is 0 Å². The van der Waals surface area contributed by atoms with Gasteiger partial charge in [0.2, 0.25) is 0 Å². The summed E-state index contributed by atoms with van der Waals surface area (Å²) in [6.07, 6.45) is -0.360. The first-order valence-corrected chi connectivity index (χ1v) is 10.2. The van der Waals surface area contributed by atoms with Gasteiger partial charge in [0.1, 0.15) is 13.2 Å². The molecule has 1 aliphatic heterocycles. The Morgan fingerprint density at radius 2 is 1.68 bits per heavy atom. The van der Waals surface area contributed by atoms with E-state index in [1.807, 2.05) is 85.8 Å². The highest BCUT2D eigenvalue weighted by Crippen LogP contribution is 2.32. The lowest BCUT2D eigenvalue weighted by Crippen LogP contribution is -2.34. The van der Waals surface area contributed by atoms with Crippen molar-refractivity contribution in [1.29, 1.82) is 0 Å². The van der Waals surface area contributed by atoms with Gasteiger partial charge in [0.25, 0.3) is 0 Å². The summed E-state index contributed by atoms with van der Waals surface area (Å²) in [6, 6.07) is 25.0. The number of esters is 1. The number of aromatic nitrogens is 1. The molecule has 0 unspecified atom stereocenters. The molecule has 5 heteroatoms. The minimum atomic E-state index is -0.393. The van der Waals surface area contributed by atoms with Crippen molar-refractivity contribution < 1.29 is 19.0 Å². The average Bonchev–Trinajstić information content (AvgIpc) is 2.82. The van der Waals surface area contributed by atoms with Gasteiger partial charge in [-0.2, -0.15) is 0 Å². The molecule has 31 heavy (non-hydrogen) atoms. The van der Waals surface area contributed by atoms with E-state index in [0.29, 0.717) is 23.7 Å². The quantitative estimate of drug-likeness (QED) is 0.432. The summed E-state index contributed by atoms with van der Waals surface area (Å²) >= 11 is 0. The Kier molecular flexibility index (Phi) is 5.00. The Labute approximate surface area is 180 Å². The Balaban J connectivity index is 1.44. The highest BCUT2D eigenvalue weighted by Gasteiger charge is 2.25.